The number of ether oxygens (including phenoxy) is 1. The molecule has 22 heavy (non-hydrogen) atoms. The molecule has 0 spiro atoms. The van der Waals surface area contributed by atoms with Crippen LogP contribution in [0.2, 0.25) is 0 Å². The van der Waals surface area contributed by atoms with Crippen molar-refractivity contribution in [2.24, 2.45) is 5.92 Å². The van der Waals surface area contributed by atoms with Crippen LogP contribution in [0, 0.1) is 5.92 Å². The van der Waals surface area contributed by atoms with E-state index in [1.54, 1.807) is 19.2 Å². The molecule has 0 aliphatic carbocycles. The standard InChI is InChI=1S/C15H24N2O3S.ClH/c1-12-7-9-16-11-15(12)17-21(18,19)14-5-3-13(4-6-14)8-10-20-2;/h3-6,12,15-17H,7-11H2,1-2H3;1H. The van der Waals surface area contributed by atoms with Crippen molar-refractivity contribution in [3.05, 3.63) is 29.8 Å². The van der Waals surface area contributed by atoms with Crippen LogP contribution in [0.5, 0.6) is 0 Å². The fourth-order valence-electron chi connectivity index (χ4n) is 2.47. The highest BCUT2D eigenvalue weighted by atomic mass is 35.5. The van der Waals surface area contributed by atoms with Gasteiger partial charge < -0.3 is 10.1 Å². The molecule has 0 amide bonds. The van der Waals surface area contributed by atoms with Crippen LogP contribution in [0.4, 0.5) is 0 Å². The van der Waals surface area contributed by atoms with Crippen molar-refractivity contribution in [2.75, 3.05) is 26.8 Å². The predicted octanol–water partition coefficient (Wildman–Crippen LogP) is 1.57. The largest absolute Gasteiger partial charge is 0.384 e. The van der Waals surface area contributed by atoms with Gasteiger partial charge in [0.1, 0.15) is 0 Å². The van der Waals surface area contributed by atoms with E-state index in [2.05, 4.69) is 17.0 Å². The normalized spacial score (nSPS) is 22.1. The first-order valence-corrected chi connectivity index (χ1v) is 8.82. The predicted molar refractivity (Wildman–Crippen MR) is 90.0 cm³/mol. The fourth-order valence-corrected chi connectivity index (χ4v) is 3.81. The summed E-state index contributed by atoms with van der Waals surface area (Å²) < 4.78 is 32.6. The Morgan fingerprint density at radius 3 is 2.59 bits per heavy atom. The molecule has 1 aliphatic rings. The van der Waals surface area contributed by atoms with E-state index >= 15 is 0 Å². The number of benzene rings is 1. The van der Waals surface area contributed by atoms with Crippen molar-refractivity contribution >= 4 is 22.4 Å². The van der Waals surface area contributed by atoms with E-state index in [9.17, 15) is 8.42 Å². The number of hydrogen-bond acceptors (Lipinski definition) is 4. The summed E-state index contributed by atoms with van der Waals surface area (Å²) in [6.45, 7) is 4.36. The topological polar surface area (TPSA) is 67.4 Å². The highest BCUT2D eigenvalue weighted by Crippen LogP contribution is 2.16. The lowest BCUT2D eigenvalue weighted by Crippen LogP contribution is -2.50. The van der Waals surface area contributed by atoms with Gasteiger partial charge in [-0.05, 0) is 43.0 Å². The van der Waals surface area contributed by atoms with Crippen molar-refractivity contribution in [1.82, 2.24) is 10.0 Å². The molecule has 1 aliphatic heterocycles. The van der Waals surface area contributed by atoms with Crippen molar-refractivity contribution in [1.29, 1.82) is 0 Å². The molecular weight excluding hydrogens is 324 g/mol. The third-order valence-corrected chi connectivity index (χ3v) is 5.47. The summed E-state index contributed by atoms with van der Waals surface area (Å²) in [4.78, 5) is 0.321. The van der Waals surface area contributed by atoms with Crippen LogP contribution in [-0.2, 0) is 21.2 Å². The number of halogens is 1. The second-order valence-electron chi connectivity index (χ2n) is 5.58. The number of piperidine rings is 1. The highest BCUT2D eigenvalue weighted by Gasteiger charge is 2.26. The van der Waals surface area contributed by atoms with Gasteiger partial charge in [-0.2, -0.15) is 0 Å². The van der Waals surface area contributed by atoms with Crippen molar-refractivity contribution in [3.63, 3.8) is 0 Å². The molecule has 2 unspecified atom stereocenters. The Kier molecular flexibility index (Phi) is 7.79. The molecule has 5 nitrogen and oxygen atoms in total. The Morgan fingerprint density at radius 1 is 1.32 bits per heavy atom. The van der Waals surface area contributed by atoms with Crippen LogP contribution in [-0.4, -0.2) is 41.3 Å². The van der Waals surface area contributed by atoms with Gasteiger partial charge >= 0.3 is 0 Å². The third kappa shape index (κ3) is 5.21. The van der Waals surface area contributed by atoms with Gasteiger partial charge in [0.25, 0.3) is 0 Å². The van der Waals surface area contributed by atoms with Crippen molar-refractivity contribution in [2.45, 2.75) is 30.7 Å². The van der Waals surface area contributed by atoms with Gasteiger partial charge in [-0.1, -0.05) is 19.1 Å². The van der Waals surface area contributed by atoms with Gasteiger partial charge in [0, 0.05) is 19.7 Å². The lowest BCUT2D eigenvalue weighted by Gasteiger charge is -2.29. The zero-order valence-corrected chi connectivity index (χ0v) is 14.7. The first kappa shape index (κ1) is 19.4. The minimum Gasteiger partial charge on any atom is -0.384 e. The number of nitrogens with one attached hydrogen (secondary N) is 2. The maximum atomic E-state index is 12.4. The summed E-state index contributed by atoms with van der Waals surface area (Å²) >= 11 is 0. The van der Waals surface area contributed by atoms with Crippen LogP contribution in [0.25, 0.3) is 0 Å². The zero-order chi connectivity index (χ0) is 15.3. The molecule has 2 atom stereocenters. The third-order valence-electron chi connectivity index (χ3n) is 3.96. The van der Waals surface area contributed by atoms with Crippen LogP contribution in [0.1, 0.15) is 18.9 Å². The van der Waals surface area contributed by atoms with E-state index in [1.165, 1.54) is 0 Å². The quantitative estimate of drug-likeness (QED) is 0.819. The van der Waals surface area contributed by atoms with E-state index in [4.69, 9.17) is 4.74 Å². The summed E-state index contributed by atoms with van der Waals surface area (Å²) in [7, 11) is -1.80. The molecule has 2 N–H and O–H groups in total. The Morgan fingerprint density at radius 2 is 2.00 bits per heavy atom. The molecule has 126 valence electrons. The molecule has 7 heteroatoms. The molecule has 0 aromatic heterocycles. The molecule has 1 aromatic carbocycles. The number of methoxy groups -OCH3 is 1. The van der Waals surface area contributed by atoms with E-state index in [1.807, 2.05) is 12.1 Å². The minimum atomic E-state index is -3.45. The first-order valence-electron chi connectivity index (χ1n) is 7.34. The molecule has 1 aromatic rings. The zero-order valence-electron chi connectivity index (χ0n) is 13.0. The summed E-state index contributed by atoms with van der Waals surface area (Å²) in [5.41, 5.74) is 1.07. The van der Waals surface area contributed by atoms with Crippen LogP contribution >= 0.6 is 12.4 Å². The lowest BCUT2D eigenvalue weighted by molar-refractivity contribution is 0.202. The van der Waals surface area contributed by atoms with Crippen LogP contribution in [0.15, 0.2) is 29.2 Å². The Labute approximate surface area is 139 Å². The highest BCUT2D eigenvalue weighted by molar-refractivity contribution is 7.89. The Balaban J connectivity index is 0.00000242. The number of sulfonamides is 1. The maximum Gasteiger partial charge on any atom is 0.240 e. The molecule has 1 saturated heterocycles. The first-order chi connectivity index (χ1) is 10.0. The molecule has 0 saturated carbocycles. The number of hydrogen-bond donors (Lipinski definition) is 2. The average molecular weight is 349 g/mol. The average Bonchev–Trinajstić information content (AvgIpc) is 2.48. The summed E-state index contributed by atoms with van der Waals surface area (Å²) in [5, 5.41) is 3.23. The van der Waals surface area contributed by atoms with Gasteiger partial charge in [0.05, 0.1) is 11.5 Å². The molecule has 0 radical (unpaired) electrons. The minimum absolute atomic E-state index is 0. The molecule has 0 bridgehead atoms. The van der Waals surface area contributed by atoms with E-state index in [0.29, 0.717) is 24.0 Å². The Hall–Kier alpha value is -0.660. The monoisotopic (exact) mass is 348 g/mol. The van der Waals surface area contributed by atoms with E-state index in [-0.39, 0.29) is 18.4 Å². The van der Waals surface area contributed by atoms with E-state index in [0.717, 1.165) is 24.9 Å². The van der Waals surface area contributed by atoms with E-state index < -0.39 is 10.0 Å². The van der Waals surface area contributed by atoms with Crippen molar-refractivity contribution in [3.8, 4) is 0 Å². The van der Waals surface area contributed by atoms with Gasteiger partial charge in [-0.3, -0.25) is 0 Å². The number of rotatable bonds is 6. The van der Waals surface area contributed by atoms with Crippen LogP contribution in [0.3, 0.4) is 0 Å². The maximum absolute atomic E-state index is 12.4. The summed E-state index contributed by atoms with van der Waals surface area (Å²) in [6, 6.07) is 6.96. The molecule has 1 fully saturated rings. The Bertz CT molecular complexity index is 548. The summed E-state index contributed by atoms with van der Waals surface area (Å²) in [6.07, 6.45) is 1.77. The van der Waals surface area contributed by atoms with Gasteiger partial charge in [0.2, 0.25) is 10.0 Å². The van der Waals surface area contributed by atoms with Crippen molar-refractivity contribution < 1.29 is 13.2 Å². The fraction of sp³-hybridized carbons (Fsp3) is 0.600. The molecule has 1 heterocycles. The summed E-state index contributed by atoms with van der Waals surface area (Å²) in [5.74, 6) is 0.349. The lowest BCUT2D eigenvalue weighted by atomic mass is 9.96. The SMILES string of the molecule is COCCc1ccc(S(=O)(=O)NC2CNCCC2C)cc1.Cl. The van der Waals surface area contributed by atoms with Gasteiger partial charge in [-0.25, -0.2) is 13.1 Å². The van der Waals surface area contributed by atoms with Crippen LogP contribution < -0.4 is 10.0 Å². The second-order valence-corrected chi connectivity index (χ2v) is 7.30. The smallest absolute Gasteiger partial charge is 0.240 e. The molecule has 2 rings (SSSR count). The second kappa shape index (κ2) is 8.84. The van der Waals surface area contributed by atoms with Gasteiger partial charge in [0.15, 0.2) is 0 Å². The molecular formula is C15H25ClN2O3S. The van der Waals surface area contributed by atoms with Gasteiger partial charge in [-0.15, -0.1) is 12.4 Å².